The molecule has 0 aromatic heterocycles. The molecule has 0 atom stereocenters. The minimum Gasteiger partial charge on any atom is -0.457 e. The average molecular weight is 241 g/mol. The lowest BCUT2D eigenvalue weighted by Gasteiger charge is -2.06. The van der Waals surface area contributed by atoms with Crippen LogP contribution in [0, 0.1) is 0 Å². The van der Waals surface area contributed by atoms with Crippen LogP contribution in [0.15, 0.2) is 48.5 Å². The molecule has 0 bridgehead atoms. The van der Waals surface area contributed by atoms with Gasteiger partial charge in [0.25, 0.3) is 0 Å². The highest BCUT2D eigenvalue weighted by atomic mass is 16.5. The third-order valence-corrected chi connectivity index (χ3v) is 2.80. The fraction of sp³-hybridized carbons (Fsp3) is 0.250. The Kier molecular flexibility index (Phi) is 4.24. The molecule has 0 heterocycles. The molecule has 0 spiro atoms. The summed E-state index contributed by atoms with van der Waals surface area (Å²) in [6, 6.07) is 14.5. The van der Waals surface area contributed by atoms with Crippen LogP contribution >= 0.6 is 0 Å². The Morgan fingerprint density at radius 1 is 0.889 bits per heavy atom. The summed E-state index contributed by atoms with van der Waals surface area (Å²) in [6.45, 7) is 2.19. The van der Waals surface area contributed by atoms with Crippen LogP contribution < -0.4 is 4.74 Å². The minimum atomic E-state index is -0.00253. The Morgan fingerprint density at radius 2 is 1.44 bits per heavy atom. The Labute approximate surface area is 108 Å². The smallest absolute Gasteiger partial charge is 0.178 e. The summed E-state index contributed by atoms with van der Waals surface area (Å²) < 4.78 is 5.65. The van der Waals surface area contributed by atoms with Gasteiger partial charge in [-0.05, 0) is 54.8 Å². The van der Waals surface area contributed by atoms with E-state index in [0.717, 1.165) is 12.2 Å². The van der Waals surface area contributed by atoms with Gasteiger partial charge in [-0.25, -0.2) is 0 Å². The van der Waals surface area contributed by atoms with Crippen molar-refractivity contribution in [1.82, 2.24) is 0 Å². The molecule has 2 aromatic carbocycles. The van der Waals surface area contributed by atoms with Gasteiger partial charge in [0.2, 0.25) is 0 Å². The van der Waals surface area contributed by atoms with E-state index in [-0.39, 0.29) is 5.75 Å². The molecule has 0 saturated carbocycles. The maximum atomic E-state index is 11.0. The molecule has 0 aliphatic rings. The highest BCUT2D eigenvalue weighted by molar-refractivity contribution is 5.35. The zero-order chi connectivity index (χ0) is 12.8. The highest BCUT2D eigenvalue weighted by Gasteiger charge is 1.99. The highest BCUT2D eigenvalue weighted by Crippen LogP contribution is 2.24. The molecule has 0 fully saturated rings. The van der Waals surface area contributed by atoms with Gasteiger partial charge in [0, 0.05) is 0 Å². The van der Waals surface area contributed by atoms with E-state index >= 15 is 0 Å². The van der Waals surface area contributed by atoms with Crippen molar-refractivity contribution in [2.75, 3.05) is 0 Å². The van der Waals surface area contributed by atoms with Crippen LogP contribution in [0.5, 0.6) is 17.2 Å². The molecule has 2 nitrogen and oxygen atoms in total. The van der Waals surface area contributed by atoms with E-state index in [4.69, 9.17) is 4.74 Å². The van der Waals surface area contributed by atoms with E-state index in [9.17, 15) is 5.11 Å². The van der Waals surface area contributed by atoms with Crippen molar-refractivity contribution in [3.63, 3.8) is 0 Å². The zero-order valence-electron chi connectivity index (χ0n) is 10.6. The molecule has 0 aliphatic heterocycles. The largest absolute Gasteiger partial charge is 0.457 e. The summed E-state index contributed by atoms with van der Waals surface area (Å²) in [5, 5.41) is 11.0. The average Bonchev–Trinajstić information content (AvgIpc) is 2.41. The second kappa shape index (κ2) is 6.10. The van der Waals surface area contributed by atoms with Gasteiger partial charge in [-0.1, -0.05) is 25.5 Å². The van der Waals surface area contributed by atoms with Gasteiger partial charge in [0.1, 0.15) is 11.5 Å². The van der Waals surface area contributed by atoms with Crippen molar-refractivity contribution in [2.45, 2.75) is 26.2 Å². The lowest BCUT2D eigenvalue weighted by Crippen LogP contribution is -1.86. The molecule has 2 rings (SSSR count). The number of unbranched alkanes of at least 4 members (excludes halogenated alkanes) is 1. The van der Waals surface area contributed by atoms with Crippen molar-refractivity contribution >= 4 is 0 Å². The summed E-state index contributed by atoms with van der Waals surface area (Å²) in [5.41, 5.74) is 1.33. The number of rotatable bonds is 5. The third kappa shape index (κ3) is 3.52. The first-order valence-electron chi connectivity index (χ1n) is 6.32. The maximum Gasteiger partial charge on any atom is 0.178 e. The zero-order valence-corrected chi connectivity index (χ0v) is 10.6. The fourth-order valence-corrected chi connectivity index (χ4v) is 1.75. The Bertz CT molecular complexity index is 471. The van der Waals surface area contributed by atoms with E-state index in [2.05, 4.69) is 19.1 Å². The number of hydrogen-bond acceptors (Lipinski definition) is 1. The molecule has 1 radical (unpaired) electrons. The Morgan fingerprint density at radius 3 is 2.00 bits per heavy atom. The van der Waals surface area contributed by atoms with E-state index < -0.39 is 0 Å². The predicted octanol–water partition coefficient (Wildman–Crippen LogP) is 4.97. The lowest BCUT2D eigenvalue weighted by molar-refractivity contribution is 0.354. The van der Waals surface area contributed by atoms with Gasteiger partial charge in [0.05, 0.1) is 0 Å². The van der Waals surface area contributed by atoms with E-state index in [1.54, 1.807) is 12.1 Å². The van der Waals surface area contributed by atoms with E-state index in [1.165, 1.54) is 30.5 Å². The van der Waals surface area contributed by atoms with Gasteiger partial charge in [-0.2, -0.15) is 0 Å². The van der Waals surface area contributed by atoms with Crippen LogP contribution in [0.25, 0.3) is 0 Å². The van der Waals surface area contributed by atoms with Crippen LogP contribution in [0.2, 0.25) is 0 Å². The standard InChI is InChI=1S/C16H17O2/c1-2-3-4-13-5-9-15(10-6-13)18-16-11-7-14(17)8-12-16/h5-12H,2-4H2,1H3. The molecule has 0 N–H and O–H groups in total. The molecule has 2 aromatic rings. The van der Waals surface area contributed by atoms with Gasteiger partial charge >= 0.3 is 0 Å². The van der Waals surface area contributed by atoms with Gasteiger partial charge < -0.3 is 4.74 Å². The van der Waals surface area contributed by atoms with Crippen molar-refractivity contribution in [3.8, 4) is 17.2 Å². The summed E-state index contributed by atoms with van der Waals surface area (Å²) in [7, 11) is 0. The molecule has 0 amide bonds. The second-order valence-electron chi connectivity index (χ2n) is 4.32. The van der Waals surface area contributed by atoms with Crippen LogP contribution in [0.4, 0.5) is 0 Å². The van der Waals surface area contributed by atoms with Crippen LogP contribution in [0.3, 0.4) is 0 Å². The maximum absolute atomic E-state index is 11.0. The molecule has 18 heavy (non-hydrogen) atoms. The first kappa shape index (κ1) is 12.5. The molecule has 0 aliphatic carbocycles. The Hall–Kier alpha value is -1.96. The van der Waals surface area contributed by atoms with Crippen LogP contribution in [-0.4, -0.2) is 0 Å². The molecule has 0 unspecified atom stereocenters. The van der Waals surface area contributed by atoms with Gasteiger partial charge in [0.15, 0.2) is 5.75 Å². The normalized spacial score (nSPS) is 10.3. The molecular formula is C16H17O2. The fourth-order valence-electron chi connectivity index (χ4n) is 1.75. The summed E-state index contributed by atoms with van der Waals surface area (Å²) in [4.78, 5) is 0. The van der Waals surface area contributed by atoms with Crippen molar-refractivity contribution in [3.05, 3.63) is 54.1 Å². The number of aryl methyl sites for hydroxylation is 1. The minimum absolute atomic E-state index is 0.00253. The summed E-state index contributed by atoms with van der Waals surface area (Å²) >= 11 is 0. The summed E-state index contributed by atoms with van der Waals surface area (Å²) in [5.74, 6) is 1.49. The van der Waals surface area contributed by atoms with Crippen molar-refractivity contribution < 1.29 is 9.84 Å². The molecule has 93 valence electrons. The molecular weight excluding hydrogens is 224 g/mol. The predicted molar refractivity (Wildman–Crippen MR) is 71.7 cm³/mol. The molecule has 2 heteroatoms. The van der Waals surface area contributed by atoms with Crippen molar-refractivity contribution in [1.29, 1.82) is 0 Å². The van der Waals surface area contributed by atoms with E-state index in [0.29, 0.717) is 5.75 Å². The topological polar surface area (TPSA) is 29.1 Å². The van der Waals surface area contributed by atoms with Gasteiger partial charge in [-0.3, -0.25) is 5.11 Å². The lowest BCUT2D eigenvalue weighted by atomic mass is 10.1. The SMILES string of the molecule is CCCCc1ccc(Oc2ccc([O])cc2)cc1. The van der Waals surface area contributed by atoms with Crippen LogP contribution in [-0.2, 0) is 11.5 Å². The van der Waals surface area contributed by atoms with Crippen molar-refractivity contribution in [2.24, 2.45) is 0 Å². The molecule has 0 saturated heterocycles. The summed E-state index contributed by atoms with van der Waals surface area (Å²) in [6.07, 6.45) is 3.53. The first-order valence-corrected chi connectivity index (χ1v) is 6.32. The van der Waals surface area contributed by atoms with Crippen LogP contribution in [0.1, 0.15) is 25.3 Å². The number of ether oxygens (including phenoxy) is 1. The Balaban J connectivity index is 1.99. The number of benzene rings is 2. The van der Waals surface area contributed by atoms with E-state index in [1.807, 2.05) is 12.1 Å². The quantitative estimate of drug-likeness (QED) is 0.727. The monoisotopic (exact) mass is 241 g/mol. The van der Waals surface area contributed by atoms with Gasteiger partial charge in [-0.15, -0.1) is 0 Å². The third-order valence-electron chi connectivity index (χ3n) is 2.80. The second-order valence-corrected chi connectivity index (χ2v) is 4.32. The first-order chi connectivity index (χ1) is 8.78. The number of hydrogen-bond donors (Lipinski definition) is 0.